The number of hydrogen-bond donors (Lipinski definition) is 1. The molecule has 3 aromatic rings. The quantitative estimate of drug-likeness (QED) is 0.626. The summed E-state index contributed by atoms with van der Waals surface area (Å²) in [5.41, 5.74) is 1.73. The van der Waals surface area contributed by atoms with E-state index < -0.39 is 5.97 Å². The number of anilines is 1. The number of rotatable bonds is 7. The van der Waals surface area contributed by atoms with Crippen molar-refractivity contribution in [2.75, 3.05) is 11.9 Å². The Morgan fingerprint density at radius 3 is 2.39 bits per heavy atom. The fourth-order valence-corrected chi connectivity index (χ4v) is 2.31. The van der Waals surface area contributed by atoms with Crippen LogP contribution < -0.4 is 10.1 Å². The van der Waals surface area contributed by atoms with Crippen molar-refractivity contribution in [3.63, 3.8) is 0 Å². The predicted octanol–water partition coefficient (Wildman–Crippen LogP) is 3.32. The number of aromatic nitrogens is 2. The van der Waals surface area contributed by atoms with E-state index in [9.17, 15) is 9.59 Å². The second-order valence-corrected chi connectivity index (χ2v) is 6.14. The zero-order chi connectivity index (χ0) is 19.9. The first-order valence-corrected chi connectivity index (χ1v) is 8.61. The topological polar surface area (TPSA) is 104 Å². The molecule has 1 N–H and O–H groups in total. The molecule has 0 spiro atoms. The number of nitrogens with zero attached hydrogens (tertiary/aromatic N) is 2. The van der Waals surface area contributed by atoms with Crippen LogP contribution in [0.4, 0.5) is 5.69 Å². The molecule has 1 amide bonds. The fraction of sp³-hybridized carbons (Fsp3) is 0.200. The van der Waals surface area contributed by atoms with E-state index in [0.29, 0.717) is 22.9 Å². The highest BCUT2D eigenvalue weighted by Gasteiger charge is 2.10. The van der Waals surface area contributed by atoms with Gasteiger partial charge in [0.05, 0.1) is 11.7 Å². The number of benzene rings is 2. The summed E-state index contributed by atoms with van der Waals surface area (Å²) in [5.74, 6) is 0.217. The summed E-state index contributed by atoms with van der Waals surface area (Å²) in [4.78, 5) is 23.8. The van der Waals surface area contributed by atoms with Crippen molar-refractivity contribution in [1.82, 2.24) is 10.2 Å². The fourth-order valence-electron chi connectivity index (χ4n) is 2.31. The van der Waals surface area contributed by atoms with Gasteiger partial charge in [-0.3, -0.25) is 4.79 Å². The molecule has 0 radical (unpaired) electrons. The van der Waals surface area contributed by atoms with Crippen LogP contribution in [0.5, 0.6) is 5.75 Å². The minimum absolute atomic E-state index is 0.156. The molecule has 0 aliphatic heterocycles. The van der Waals surface area contributed by atoms with Gasteiger partial charge in [-0.05, 0) is 62.4 Å². The maximum absolute atomic E-state index is 12.0. The second-order valence-electron chi connectivity index (χ2n) is 6.14. The third-order valence-corrected chi connectivity index (χ3v) is 3.58. The van der Waals surface area contributed by atoms with E-state index in [4.69, 9.17) is 13.9 Å². The molecular formula is C20H19N3O5. The molecule has 0 atom stereocenters. The Balaban J connectivity index is 1.49. The monoisotopic (exact) mass is 381 g/mol. The zero-order valence-electron chi connectivity index (χ0n) is 15.4. The number of ether oxygens (including phenoxy) is 2. The van der Waals surface area contributed by atoms with E-state index in [1.54, 1.807) is 62.4 Å². The highest BCUT2D eigenvalue weighted by molar-refractivity contribution is 5.93. The maximum Gasteiger partial charge on any atom is 0.338 e. The molecule has 0 bridgehead atoms. The van der Waals surface area contributed by atoms with E-state index in [0.717, 1.165) is 5.56 Å². The van der Waals surface area contributed by atoms with Crippen molar-refractivity contribution < 1.29 is 23.5 Å². The van der Waals surface area contributed by atoms with E-state index in [1.807, 2.05) is 0 Å². The van der Waals surface area contributed by atoms with Crippen molar-refractivity contribution in [2.24, 2.45) is 0 Å². The SMILES string of the molecule is CC(C)OC(=O)c1ccc(NC(=O)COc2ccc(-c3nnco3)cc2)cc1. The van der Waals surface area contributed by atoms with Crippen LogP contribution in [0.15, 0.2) is 59.3 Å². The number of esters is 1. The van der Waals surface area contributed by atoms with Crippen LogP contribution in [0.3, 0.4) is 0 Å². The van der Waals surface area contributed by atoms with E-state index in [1.165, 1.54) is 6.39 Å². The van der Waals surface area contributed by atoms with Crippen LogP contribution in [0.25, 0.3) is 11.5 Å². The summed E-state index contributed by atoms with van der Waals surface area (Å²) in [6, 6.07) is 13.4. The lowest BCUT2D eigenvalue weighted by molar-refractivity contribution is -0.118. The van der Waals surface area contributed by atoms with Crippen LogP contribution in [0, 0.1) is 0 Å². The number of carbonyl (C=O) groups is 2. The summed E-state index contributed by atoms with van der Waals surface area (Å²) in [6.45, 7) is 3.41. The van der Waals surface area contributed by atoms with Gasteiger partial charge in [-0.15, -0.1) is 10.2 Å². The molecule has 0 saturated heterocycles. The van der Waals surface area contributed by atoms with Gasteiger partial charge in [-0.2, -0.15) is 0 Å². The summed E-state index contributed by atoms with van der Waals surface area (Å²) in [5, 5.41) is 10.1. The highest BCUT2D eigenvalue weighted by Crippen LogP contribution is 2.20. The first-order valence-electron chi connectivity index (χ1n) is 8.61. The largest absolute Gasteiger partial charge is 0.484 e. The minimum Gasteiger partial charge on any atom is -0.484 e. The maximum atomic E-state index is 12.0. The Morgan fingerprint density at radius 1 is 1.07 bits per heavy atom. The molecule has 8 nitrogen and oxygen atoms in total. The highest BCUT2D eigenvalue weighted by atomic mass is 16.5. The van der Waals surface area contributed by atoms with Crippen LogP contribution in [0.2, 0.25) is 0 Å². The second kappa shape index (κ2) is 8.81. The Hall–Kier alpha value is -3.68. The molecule has 0 aliphatic rings. The molecule has 1 aromatic heterocycles. The van der Waals surface area contributed by atoms with Gasteiger partial charge < -0.3 is 19.2 Å². The van der Waals surface area contributed by atoms with Crippen LogP contribution >= 0.6 is 0 Å². The van der Waals surface area contributed by atoms with Gasteiger partial charge in [-0.25, -0.2) is 4.79 Å². The van der Waals surface area contributed by atoms with E-state index in [-0.39, 0.29) is 18.6 Å². The van der Waals surface area contributed by atoms with Crippen molar-refractivity contribution in [1.29, 1.82) is 0 Å². The van der Waals surface area contributed by atoms with Gasteiger partial charge in [0.25, 0.3) is 5.91 Å². The van der Waals surface area contributed by atoms with E-state index in [2.05, 4.69) is 15.5 Å². The summed E-state index contributed by atoms with van der Waals surface area (Å²) >= 11 is 0. The Labute approximate surface area is 161 Å². The summed E-state index contributed by atoms with van der Waals surface area (Å²) < 4.78 is 15.7. The molecule has 144 valence electrons. The molecule has 28 heavy (non-hydrogen) atoms. The zero-order valence-corrected chi connectivity index (χ0v) is 15.4. The number of amides is 1. The van der Waals surface area contributed by atoms with Crippen molar-refractivity contribution in [3.05, 3.63) is 60.5 Å². The molecule has 2 aromatic carbocycles. The normalized spacial score (nSPS) is 10.5. The Morgan fingerprint density at radius 2 is 1.79 bits per heavy atom. The van der Waals surface area contributed by atoms with Gasteiger partial charge >= 0.3 is 5.97 Å². The van der Waals surface area contributed by atoms with Gasteiger partial charge in [0.2, 0.25) is 12.3 Å². The molecule has 0 fully saturated rings. The van der Waals surface area contributed by atoms with Gasteiger partial charge in [0, 0.05) is 11.3 Å². The minimum atomic E-state index is -0.403. The number of carbonyl (C=O) groups excluding carboxylic acids is 2. The van der Waals surface area contributed by atoms with Crippen LogP contribution in [0.1, 0.15) is 24.2 Å². The molecule has 0 saturated carbocycles. The number of hydrogen-bond acceptors (Lipinski definition) is 7. The van der Waals surface area contributed by atoms with Crippen LogP contribution in [-0.2, 0) is 9.53 Å². The van der Waals surface area contributed by atoms with Gasteiger partial charge in [0.1, 0.15) is 5.75 Å². The smallest absolute Gasteiger partial charge is 0.338 e. The first kappa shape index (κ1) is 19.1. The van der Waals surface area contributed by atoms with Gasteiger partial charge in [-0.1, -0.05) is 0 Å². The third kappa shape index (κ3) is 5.16. The molecule has 3 rings (SSSR count). The molecular weight excluding hydrogens is 362 g/mol. The summed E-state index contributed by atoms with van der Waals surface area (Å²) in [7, 11) is 0. The van der Waals surface area contributed by atoms with Crippen molar-refractivity contribution in [3.8, 4) is 17.2 Å². The lowest BCUT2D eigenvalue weighted by Crippen LogP contribution is -2.20. The standard InChI is InChI=1S/C20H19N3O5/c1-13(2)28-20(25)15-3-7-16(8-4-15)22-18(24)11-26-17-9-5-14(6-10-17)19-23-21-12-27-19/h3-10,12-13H,11H2,1-2H3,(H,22,24). The van der Waals surface area contributed by atoms with Crippen molar-refractivity contribution in [2.45, 2.75) is 20.0 Å². The van der Waals surface area contributed by atoms with Gasteiger partial charge in [0.15, 0.2) is 6.61 Å². The molecule has 0 unspecified atom stereocenters. The molecule has 8 heteroatoms. The third-order valence-electron chi connectivity index (χ3n) is 3.58. The average Bonchev–Trinajstić information content (AvgIpc) is 3.21. The average molecular weight is 381 g/mol. The first-order chi connectivity index (χ1) is 13.5. The Bertz CT molecular complexity index is 919. The van der Waals surface area contributed by atoms with Crippen molar-refractivity contribution >= 4 is 17.6 Å². The van der Waals surface area contributed by atoms with Crippen LogP contribution in [-0.4, -0.2) is 34.8 Å². The lowest BCUT2D eigenvalue weighted by Gasteiger charge is -2.10. The molecule has 1 heterocycles. The lowest BCUT2D eigenvalue weighted by atomic mass is 10.2. The molecule has 0 aliphatic carbocycles. The van der Waals surface area contributed by atoms with E-state index >= 15 is 0 Å². The predicted molar refractivity (Wildman–Crippen MR) is 101 cm³/mol. The summed E-state index contributed by atoms with van der Waals surface area (Å²) in [6.07, 6.45) is 1.06. The number of nitrogens with one attached hydrogen (secondary N) is 1. The Kier molecular flexibility index (Phi) is 6.01.